The van der Waals surface area contributed by atoms with Gasteiger partial charge in [-0.15, -0.1) is 0 Å². The highest BCUT2D eigenvalue weighted by atomic mass is 32.2. The lowest BCUT2D eigenvalue weighted by molar-refractivity contribution is 0.602. The number of halogens is 1. The van der Waals surface area contributed by atoms with Crippen molar-refractivity contribution in [3.63, 3.8) is 0 Å². The van der Waals surface area contributed by atoms with Crippen molar-refractivity contribution in [2.24, 2.45) is 0 Å². The van der Waals surface area contributed by atoms with Gasteiger partial charge in [-0.25, -0.2) is 12.8 Å². The average molecular weight is 326 g/mol. The standard InChI is InChI=1S/C19H15FO2S/c1-23(21,22)17-9-5-8-15(12-17)19-13-16(20)10-11-18(19)14-6-3-2-4-7-14/h2-13H,1H3. The molecule has 0 spiro atoms. The molecule has 0 aliphatic heterocycles. The largest absolute Gasteiger partial charge is 0.224 e. The van der Waals surface area contributed by atoms with Crippen LogP contribution in [-0.4, -0.2) is 14.7 Å². The third-order valence-corrected chi connectivity index (χ3v) is 4.75. The molecule has 0 amide bonds. The molecule has 0 radical (unpaired) electrons. The molecule has 0 aliphatic rings. The predicted molar refractivity (Wildman–Crippen MR) is 90.4 cm³/mol. The Morgan fingerprint density at radius 2 is 1.43 bits per heavy atom. The van der Waals surface area contributed by atoms with Gasteiger partial charge in [0.05, 0.1) is 4.90 Å². The maximum atomic E-state index is 13.8. The monoisotopic (exact) mass is 326 g/mol. The van der Waals surface area contributed by atoms with Gasteiger partial charge < -0.3 is 0 Å². The topological polar surface area (TPSA) is 34.1 Å². The third-order valence-electron chi connectivity index (χ3n) is 3.64. The zero-order valence-electron chi connectivity index (χ0n) is 12.5. The molecule has 0 unspecified atom stereocenters. The van der Waals surface area contributed by atoms with Gasteiger partial charge in [0.25, 0.3) is 0 Å². The summed E-state index contributed by atoms with van der Waals surface area (Å²) in [6.07, 6.45) is 1.16. The highest BCUT2D eigenvalue weighted by molar-refractivity contribution is 7.90. The lowest BCUT2D eigenvalue weighted by Gasteiger charge is -2.11. The summed E-state index contributed by atoms with van der Waals surface area (Å²) in [5, 5.41) is 0. The molecule has 3 rings (SSSR count). The minimum Gasteiger partial charge on any atom is -0.224 e. The van der Waals surface area contributed by atoms with E-state index in [0.717, 1.165) is 17.4 Å². The molecule has 4 heteroatoms. The van der Waals surface area contributed by atoms with E-state index in [4.69, 9.17) is 0 Å². The SMILES string of the molecule is CS(=O)(=O)c1cccc(-c2cc(F)ccc2-c2ccccc2)c1. The zero-order chi connectivity index (χ0) is 16.4. The van der Waals surface area contributed by atoms with Crippen LogP contribution in [0, 0.1) is 5.82 Å². The molecule has 0 saturated carbocycles. The van der Waals surface area contributed by atoms with Gasteiger partial charge >= 0.3 is 0 Å². The minimum absolute atomic E-state index is 0.221. The first kappa shape index (κ1) is 15.4. The van der Waals surface area contributed by atoms with Crippen molar-refractivity contribution in [2.75, 3.05) is 6.26 Å². The molecule has 0 heterocycles. The molecular formula is C19H15FO2S. The fourth-order valence-electron chi connectivity index (χ4n) is 2.52. The summed E-state index contributed by atoms with van der Waals surface area (Å²) in [5.41, 5.74) is 3.15. The molecule has 0 saturated heterocycles. The van der Waals surface area contributed by atoms with Crippen LogP contribution in [0.2, 0.25) is 0 Å². The van der Waals surface area contributed by atoms with Gasteiger partial charge in [0.15, 0.2) is 9.84 Å². The maximum Gasteiger partial charge on any atom is 0.175 e. The van der Waals surface area contributed by atoms with Crippen LogP contribution in [0.4, 0.5) is 4.39 Å². The van der Waals surface area contributed by atoms with Crippen molar-refractivity contribution >= 4 is 9.84 Å². The van der Waals surface area contributed by atoms with Crippen molar-refractivity contribution in [1.82, 2.24) is 0 Å². The second-order valence-electron chi connectivity index (χ2n) is 5.36. The van der Waals surface area contributed by atoms with Crippen LogP contribution in [0.5, 0.6) is 0 Å². The Labute approximate surface area is 135 Å². The van der Waals surface area contributed by atoms with Crippen molar-refractivity contribution in [1.29, 1.82) is 0 Å². The Morgan fingerprint density at radius 3 is 2.13 bits per heavy atom. The highest BCUT2D eigenvalue weighted by Crippen LogP contribution is 2.33. The van der Waals surface area contributed by atoms with E-state index in [1.807, 2.05) is 30.3 Å². The number of sulfone groups is 1. The fourth-order valence-corrected chi connectivity index (χ4v) is 3.19. The third kappa shape index (κ3) is 3.32. The number of rotatable bonds is 3. The first-order valence-corrected chi connectivity index (χ1v) is 9.00. The summed E-state index contributed by atoms with van der Waals surface area (Å²) < 4.78 is 37.3. The molecule has 0 N–H and O–H groups in total. The van der Waals surface area contributed by atoms with Crippen molar-refractivity contribution in [3.8, 4) is 22.3 Å². The van der Waals surface area contributed by atoms with Gasteiger partial charge in [0.1, 0.15) is 5.82 Å². The molecule has 0 aliphatic carbocycles. The number of hydrogen-bond donors (Lipinski definition) is 0. The Hall–Kier alpha value is -2.46. The normalized spacial score (nSPS) is 11.4. The summed E-state index contributed by atoms with van der Waals surface area (Å²) in [5.74, 6) is -0.357. The van der Waals surface area contributed by atoms with Crippen LogP contribution < -0.4 is 0 Å². The second-order valence-corrected chi connectivity index (χ2v) is 7.37. The van der Waals surface area contributed by atoms with Crippen LogP contribution in [-0.2, 0) is 9.84 Å². The Morgan fingerprint density at radius 1 is 0.739 bits per heavy atom. The first-order chi connectivity index (χ1) is 10.9. The maximum absolute atomic E-state index is 13.8. The average Bonchev–Trinajstić information content (AvgIpc) is 2.55. The van der Waals surface area contributed by atoms with E-state index >= 15 is 0 Å². The molecule has 116 valence electrons. The Balaban J connectivity index is 2.23. The number of benzene rings is 3. The summed E-state index contributed by atoms with van der Waals surface area (Å²) in [6.45, 7) is 0. The Bertz CT molecular complexity index is 948. The molecule has 0 fully saturated rings. The van der Waals surface area contributed by atoms with E-state index in [2.05, 4.69) is 0 Å². The zero-order valence-corrected chi connectivity index (χ0v) is 13.3. The molecule has 0 bridgehead atoms. The van der Waals surface area contributed by atoms with Gasteiger partial charge in [-0.1, -0.05) is 48.5 Å². The second kappa shape index (κ2) is 5.97. The van der Waals surface area contributed by atoms with E-state index in [9.17, 15) is 12.8 Å². The fraction of sp³-hybridized carbons (Fsp3) is 0.0526. The summed E-state index contributed by atoms with van der Waals surface area (Å²) in [4.78, 5) is 0.221. The minimum atomic E-state index is -3.31. The van der Waals surface area contributed by atoms with E-state index in [0.29, 0.717) is 11.1 Å². The van der Waals surface area contributed by atoms with E-state index in [1.165, 1.54) is 12.1 Å². The molecule has 3 aromatic rings. The highest BCUT2D eigenvalue weighted by Gasteiger charge is 2.12. The van der Waals surface area contributed by atoms with Crippen molar-refractivity contribution in [3.05, 3.63) is 78.6 Å². The molecule has 0 aromatic heterocycles. The van der Waals surface area contributed by atoms with E-state index in [-0.39, 0.29) is 10.7 Å². The summed E-state index contributed by atoms with van der Waals surface area (Å²) in [7, 11) is -3.31. The van der Waals surface area contributed by atoms with E-state index in [1.54, 1.807) is 30.3 Å². The van der Waals surface area contributed by atoms with Crippen LogP contribution >= 0.6 is 0 Å². The molecule has 0 atom stereocenters. The van der Waals surface area contributed by atoms with Gasteiger partial charge in [-0.2, -0.15) is 0 Å². The summed E-state index contributed by atoms with van der Waals surface area (Å²) >= 11 is 0. The first-order valence-electron chi connectivity index (χ1n) is 7.10. The molecular weight excluding hydrogens is 311 g/mol. The van der Waals surface area contributed by atoms with Gasteiger partial charge in [-0.3, -0.25) is 0 Å². The van der Waals surface area contributed by atoms with Crippen molar-refractivity contribution < 1.29 is 12.8 Å². The van der Waals surface area contributed by atoms with Crippen LogP contribution in [0.3, 0.4) is 0 Å². The smallest absolute Gasteiger partial charge is 0.175 e. The molecule has 23 heavy (non-hydrogen) atoms. The number of hydrogen-bond acceptors (Lipinski definition) is 2. The van der Waals surface area contributed by atoms with Crippen molar-refractivity contribution in [2.45, 2.75) is 4.90 Å². The predicted octanol–water partition coefficient (Wildman–Crippen LogP) is 4.56. The van der Waals surface area contributed by atoms with Crippen LogP contribution in [0.25, 0.3) is 22.3 Å². The summed E-state index contributed by atoms with van der Waals surface area (Å²) in [6, 6.07) is 20.8. The lowest BCUT2D eigenvalue weighted by Crippen LogP contribution is -1.97. The van der Waals surface area contributed by atoms with Gasteiger partial charge in [-0.05, 0) is 46.5 Å². The van der Waals surface area contributed by atoms with Crippen LogP contribution in [0.1, 0.15) is 0 Å². The molecule has 3 aromatic carbocycles. The van der Waals surface area contributed by atoms with Crippen LogP contribution in [0.15, 0.2) is 77.7 Å². The van der Waals surface area contributed by atoms with Gasteiger partial charge in [0, 0.05) is 6.26 Å². The van der Waals surface area contributed by atoms with Gasteiger partial charge in [0.2, 0.25) is 0 Å². The molecule has 2 nitrogen and oxygen atoms in total. The quantitative estimate of drug-likeness (QED) is 0.707. The Kier molecular flexibility index (Phi) is 4.01. The lowest BCUT2D eigenvalue weighted by atomic mass is 9.94. The van der Waals surface area contributed by atoms with E-state index < -0.39 is 9.84 Å².